The number of rotatable bonds is 6. The van der Waals surface area contributed by atoms with E-state index in [0.717, 1.165) is 11.5 Å². The van der Waals surface area contributed by atoms with Crippen LogP contribution in [0.3, 0.4) is 0 Å². The van der Waals surface area contributed by atoms with Gasteiger partial charge in [-0.1, -0.05) is 27.7 Å². The number of hydrogen-bond donors (Lipinski definition) is 2. The number of hydrogen-bond acceptors (Lipinski definition) is 4. The summed E-state index contributed by atoms with van der Waals surface area (Å²) in [5, 5.41) is 20.3. The van der Waals surface area contributed by atoms with Crippen LogP contribution < -0.4 is 0 Å². The highest BCUT2D eigenvalue weighted by molar-refractivity contribution is 6.74. The first-order chi connectivity index (χ1) is 7.51. The summed E-state index contributed by atoms with van der Waals surface area (Å²) >= 11 is 0. The Bertz CT molecular complexity index is 226. The van der Waals surface area contributed by atoms with Gasteiger partial charge in [-0.2, -0.15) is 5.06 Å². The van der Waals surface area contributed by atoms with Crippen LogP contribution in [0.4, 0.5) is 0 Å². The van der Waals surface area contributed by atoms with E-state index in [1.54, 1.807) is 0 Å². The Morgan fingerprint density at radius 2 is 1.76 bits per heavy atom. The zero-order valence-corrected chi connectivity index (χ0v) is 13.3. The Balaban J connectivity index is 4.60. The summed E-state index contributed by atoms with van der Waals surface area (Å²) < 4.78 is 6.17. The molecule has 2 N–H and O–H groups in total. The number of nitrogens with zero attached hydrogens (tertiary/aromatic N) is 1. The molecule has 0 saturated carbocycles. The standard InChI is InChI=1S/C12H29NO3Si/c1-8-11(10(14)9-13(5)15)16-17(6,7)12(2,3)4/h10-11,14-15H,8-9H2,1-7H3/t10?,11-/m0/s1. The number of hydroxylamine groups is 2. The molecular formula is C12H29NO3Si. The van der Waals surface area contributed by atoms with Crippen LogP contribution in [0.15, 0.2) is 0 Å². The molecule has 104 valence electrons. The summed E-state index contributed by atoms with van der Waals surface area (Å²) in [4.78, 5) is 0. The molecule has 0 fully saturated rings. The van der Waals surface area contributed by atoms with E-state index >= 15 is 0 Å². The second kappa shape index (κ2) is 6.29. The molecule has 5 heteroatoms. The molecule has 0 spiro atoms. The molecule has 0 saturated heterocycles. The van der Waals surface area contributed by atoms with Crippen LogP contribution >= 0.6 is 0 Å². The van der Waals surface area contributed by atoms with E-state index in [0.29, 0.717) is 0 Å². The zero-order chi connectivity index (χ0) is 13.9. The van der Waals surface area contributed by atoms with Gasteiger partial charge in [0.1, 0.15) is 0 Å². The second-order valence-electron chi connectivity index (χ2n) is 6.23. The lowest BCUT2D eigenvalue weighted by Gasteiger charge is -2.40. The van der Waals surface area contributed by atoms with Crippen LogP contribution in [0.5, 0.6) is 0 Å². The van der Waals surface area contributed by atoms with Gasteiger partial charge in [-0.05, 0) is 24.6 Å². The lowest BCUT2D eigenvalue weighted by molar-refractivity contribution is -0.108. The van der Waals surface area contributed by atoms with Crippen molar-refractivity contribution in [3.63, 3.8) is 0 Å². The largest absolute Gasteiger partial charge is 0.411 e. The number of aliphatic hydroxyl groups is 1. The molecule has 0 bridgehead atoms. The Hall–Kier alpha value is 0.0569. The first-order valence-corrected chi connectivity index (χ1v) is 9.18. The van der Waals surface area contributed by atoms with Gasteiger partial charge >= 0.3 is 0 Å². The van der Waals surface area contributed by atoms with Crippen molar-refractivity contribution in [3.05, 3.63) is 0 Å². The van der Waals surface area contributed by atoms with Crippen molar-refractivity contribution in [1.82, 2.24) is 5.06 Å². The van der Waals surface area contributed by atoms with Crippen molar-refractivity contribution in [2.24, 2.45) is 0 Å². The van der Waals surface area contributed by atoms with Gasteiger partial charge in [-0.25, -0.2) is 0 Å². The molecule has 1 unspecified atom stereocenters. The Kier molecular flexibility index (Phi) is 6.31. The fraction of sp³-hybridized carbons (Fsp3) is 1.00. The van der Waals surface area contributed by atoms with Crippen molar-refractivity contribution < 1.29 is 14.7 Å². The molecule has 0 amide bonds. The number of likely N-dealkylation sites (N-methyl/N-ethyl adjacent to an activating group) is 1. The molecule has 4 nitrogen and oxygen atoms in total. The minimum Gasteiger partial charge on any atom is -0.411 e. The van der Waals surface area contributed by atoms with Crippen molar-refractivity contribution in [1.29, 1.82) is 0 Å². The van der Waals surface area contributed by atoms with Gasteiger partial charge in [-0.15, -0.1) is 0 Å². The maximum atomic E-state index is 10.0. The Morgan fingerprint density at radius 1 is 1.29 bits per heavy atom. The normalized spacial score (nSPS) is 17.3. The monoisotopic (exact) mass is 263 g/mol. The Labute approximate surface area is 107 Å². The van der Waals surface area contributed by atoms with E-state index in [1.807, 2.05) is 6.92 Å². The maximum Gasteiger partial charge on any atom is 0.192 e. The van der Waals surface area contributed by atoms with E-state index in [1.165, 1.54) is 7.05 Å². The molecule has 0 aliphatic carbocycles. The van der Waals surface area contributed by atoms with Gasteiger partial charge in [0, 0.05) is 7.05 Å². The van der Waals surface area contributed by atoms with Gasteiger partial charge in [0.2, 0.25) is 0 Å². The van der Waals surface area contributed by atoms with Crippen molar-refractivity contribution in [2.75, 3.05) is 13.6 Å². The molecule has 0 aliphatic heterocycles. The number of aliphatic hydroxyl groups excluding tert-OH is 1. The predicted molar refractivity (Wildman–Crippen MR) is 72.8 cm³/mol. The smallest absolute Gasteiger partial charge is 0.192 e. The Morgan fingerprint density at radius 3 is 2.06 bits per heavy atom. The molecule has 0 aliphatic rings. The molecular weight excluding hydrogens is 234 g/mol. The van der Waals surface area contributed by atoms with Gasteiger partial charge < -0.3 is 14.7 Å². The predicted octanol–water partition coefficient (Wildman–Crippen LogP) is 2.47. The fourth-order valence-electron chi connectivity index (χ4n) is 1.38. The van der Waals surface area contributed by atoms with Crippen LogP contribution in [0, 0.1) is 0 Å². The summed E-state index contributed by atoms with van der Waals surface area (Å²) in [7, 11) is -0.333. The lowest BCUT2D eigenvalue weighted by atomic mass is 10.1. The summed E-state index contributed by atoms with van der Waals surface area (Å²) in [5.41, 5.74) is 0. The summed E-state index contributed by atoms with van der Waals surface area (Å²) in [6, 6.07) is 0. The highest BCUT2D eigenvalue weighted by atomic mass is 28.4. The molecule has 0 rings (SSSR count). The molecule has 0 aromatic rings. The van der Waals surface area contributed by atoms with E-state index in [2.05, 4.69) is 33.9 Å². The molecule has 2 atom stereocenters. The van der Waals surface area contributed by atoms with E-state index in [4.69, 9.17) is 9.63 Å². The van der Waals surface area contributed by atoms with Crippen molar-refractivity contribution in [2.45, 2.75) is 64.5 Å². The van der Waals surface area contributed by atoms with Gasteiger partial charge in [0.05, 0.1) is 18.8 Å². The van der Waals surface area contributed by atoms with Gasteiger partial charge in [0.25, 0.3) is 0 Å². The topological polar surface area (TPSA) is 52.9 Å². The van der Waals surface area contributed by atoms with Crippen LogP contribution in [0.25, 0.3) is 0 Å². The summed E-state index contributed by atoms with van der Waals surface area (Å²) in [5.74, 6) is 0. The molecule has 0 aromatic heterocycles. The van der Waals surface area contributed by atoms with Crippen LogP contribution in [0.1, 0.15) is 34.1 Å². The fourth-order valence-corrected chi connectivity index (χ4v) is 2.81. The highest BCUT2D eigenvalue weighted by Gasteiger charge is 2.40. The SMILES string of the molecule is CC[C@H](O[Si](C)(C)C(C)(C)C)C(O)CN(C)O. The molecule has 0 heterocycles. The third-order valence-corrected chi connectivity index (χ3v) is 8.04. The molecule has 0 aromatic carbocycles. The zero-order valence-electron chi connectivity index (χ0n) is 12.3. The van der Waals surface area contributed by atoms with Crippen LogP contribution in [0.2, 0.25) is 18.1 Å². The van der Waals surface area contributed by atoms with E-state index in [9.17, 15) is 5.11 Å². The third-order valence-electron chi connectivity index (χ3n) is 3.53. The maximum absolute atomic E-state index is 10.0. The minimum absolute atomic E-state index is 0.130. The second-order valence-corrected chi connectivity index (χ2v) is 11.0. The van der Waals surface area contributed by atoms with E-state index in [-0.39, 0.29) is 17.7 Å². The highest BCUT2D eigenvalue weighted by Crippen LogP contribution is 2.37. The van der Waals surface area contributed by atoms with Crippen LogP contribution in [-0.4, -0.2) is 49.5 Å². The first-order valence-electron chi connectivity index (χ1n) is 6.27. The van der Waals surface area contributed by atoms with Crippen molar-refractivity contribution in [3.8, 4) is 0 Å². The van der Waals surface area contributed by atoms with Gasteiger partial charge in [0.15, 0.2) is 8.32 Å². The summed E-state index contributed by atoms with van der Waals surface area (Å²) in [6.07, 6.45) is -0.101. The first kappa shape index (κ1) is 17.1. The average Bonchev–Trinajstić information content (AvgIpc) is 2.10. The lowest BCUT2D eigenvalue weighted by Crippen LogP contribution is -2.48. The minimum atomic E-state index is -1.86. The molecule has 17 heavy (non-hydrogen) atoms. The van der Waals surface area contributed by atoms with E-state index < -0.39 is 14.4 Å². The van der Waals surface area contributed by atoms with Gasteiger partial charge in [-0.3, -0.25) is 0 Å². The quantitative estimate of drug-likeness (QED) is 0.571. The summed E-state index contributed by atoms with van der Waals surface area (Å²) in [6.45, 7) is 13.1. The third kappa shape index (κ3) is 5.48. The van der Waals surface area contributed by atoms with Crippen molar-refractivity contribution >= 4 is 8.32 Å². The molecule has 0 radical (unpaired) electrons. The average molecular weight is 263 g/mol. The van der Waals surface area contributed by atoms with Crippen LogP contribution in [-0.2, 0) is 4.43 Å².